The summed E-state index contributed by atoms with van der Waals surface area (Å²) in [4.78, 5) is 10.8. The lowest BCUT2D eigenvalue weighted by molar-refractivity contribution is -0.119. The Labute approximate surface area is 78.8 Å². The Hall–Kier alpha value is -1.06. The van der Waals surface area contributed by atoms with Gasteiger partial charge in [0.2, 0.25) is 5.91 Å². The zero-order valence-electron chi connectivity index (χ0n) is 8.26. The van der Waals surface area contributed by atoms with Gasteiger partial charge >= 0.3 is 0 Å². The third-order valence-corrected chi connectivity index (χ3v) is 2.24. The van der Waals surface area contributed by atoms with Crippen LogP contribution >= 0.6 is 0 Å². The van der Waals surface area contributed by atoms with Gasteiger partial charge in [-0.25, -0.2) is 0 Å². The number of amides is 1. The molecule has 1 saturated carbocycles. The molecule has 1 fully saturated rings. The summed E-state index contributed by atoms with van der Waals surface area (Å²) in [6.07, 6.45) is 4.01. The lowest BCUT2D eigenvalue weighted by atomic mass is 9.94. The van der Waals surface area contributed by atoms with E-state index in [9.17, 15) is 4.79 Å². The standard InChI is InChI=1S/C9H17N3O/c1-7(13)11-8-3-5-9(6-4-8)12-10-2/h8,10H,3-6H2,1-2H3,(H,11,13). The predicted octanol–water partition coefficient (Wildman–Crippen LogP) is 0.640. The first-order valence-corrected chi connectivity index (χ1v) is 4.71. The van der Waals surface area contributed by atoms with E-state index in [1.165, 1.54) is 5.71 Å². The number of rotatable bonds is 2. The molecule has 13 heavy (non-hydrogen) atoms. The summed E-state index contributed by atoms with van der Waals surface area (Å²) in [6.45, 7) is 1.57. The highest BCUT2D eigenvalue weighted by Gasteiger charge is 2.17. The van der Waals surface area contributed by atoms with Gasteiger partial charge in [0.1, 0.15) is 0 Å². The van der Waals surface area contributed by atoms with Crippen LogP contribution in [0.4, 0.5) is 0 Å². The normalized spacial score (nSPS) is 22.3. The van der Waals surface area contributed by atoms with Gasteiger partial charge in [0, 0.05) is 25.7 Å². The summed E-state index contributed by atoms with van der Waals surface area (Å²) in [5.74, 6) is 0.0685. The van der Waals surface area contributed by atoms with E-state index in [2.05, 4.69) is 15.8 Å². The number of hydrazone groups is 1. The summed E-state index contributed by atoms with van der Waals surface area (Å²) in [6, 6.07) is 0.355. The van der Waals surface area contributed by atoms with Gasteiger partial charge in [-0.2, -0.15) is 5.10 Å². The maximum Gasteiger partial charge on any atom is 0.217 e. The number of hydrogen-bond acceptors (Lipinski definition) is 3. The lowest BCUT2D eigenvalue weighted by Crippen LogP contribution is -2.36. The molecule has 2 N–H and O–H groups in total. The van der Waals surface area contributed by atoms with Gasteiger partial charge in [-0.05, 0) is 25.7 Å². The largest absolute Gasteiger partial charge is 0.354 e. The van der Waals surface area contributed by atoms with Gasteiger partial charge in [0.15, 0.2) is 0 Å². The molecule has 0 radical (unpaired) electrons. The first kappa shape index (κ1) is 10.0. The van der Waals surface area contributed by atoms with E-state index in [0.717, 1.165) is 25.7 Å². The quantitative estimate of drug-likeness (QED) is 0.617. The molecule has 0 unspecified atom stereocenters. The van der Waals surface area contributed by atoms with Crippen LogP contribution < -0.4 is 10.7 Å². The van der Waals surface area contributed by atoms with E-state index in [-0.39, 0.29) is 5.91 Å². The Morgan fingerprint density at radius 2 is 2.08 bits per heavy atom. The van der Waals surface area contributed by atoms with E-state index in [0.29, 0.717) is 6.04 Å². The molecule has 4 heteroatoms. The third kappa shape index (κ3) is 3.44. The molecular weight excluding hydrogens is 166 g/mol. The molecule has 0 saturated heterocycles. The number of carbonyl (C=O) groups is 1. The van der Waals surface area contributed by atoms with Crippen LogP contribution in [0.1, 0.15) is 32.6 Å². The predicted molar refractivity (Wildman–Crippen MR) is 52.6 cm³/mol. The highest BCUT2D eigenvalue weighted by molar-refractivity contribution is 5.85. The first-order chi connectivity index (χ1) is 6.22. The molecule has 0 atom stereocenters. The number of carbonyl (C=O) groups excluding carboxylic acids is 1. The average Bonchev–Trinajstić information content (AvgIpc) is 2.08. The highest BCUT2D eigenvalue weighted by Crippen LogP contribution is 2.15. The topological polar surface area (TPSA) is 53.5 Å². The smallest absolute Gasteiger partial charge is 0.217 e. The minimum atomic E-state index is 0.0685. The SMILES string of the molecule is CNN=C1CCC(NC(C)=O)CC1. The van der Waals surface area contributed by atoms with Crippen molar-refractivity contribution in [2.24, 2.45) is 5.10 Å². The van der Waals surface area contributed by atoms with Crippen molar-refractivity contribution in [3.8, 4) is 0 Å². The highest BCUT2D eigenvalue weighted by atomic mass is 16.1. The fourth-order valence-corrected chi connectivity index (χ4v) is 1.65. The van der Waals surface area contributed by atoms with Crippen molar-refractivity contribution in [3.63, 3.8) is 0 Å². The van der Waals surface area contributed by atoms with E-state index in [4.69, 9.17) is 0 Å². The Kier molecular flexibility index (Phi) is 3.73. The Morgan fingerprint density at radius 3 is 2.54 bits per heavy atom. The van der Waals surface area contributed by atoms with Crippen LogP contribution in [-0.2, 0) is 4.79 Å². The van der Waals surface area contributed by atoms with E-state index in [1.54, 1.807) is 6.92 Å². The molecule has 0 aromatic rings. The number of hydrogen-bond donors (Lipinski definition) is 2. The summed E-state index contributed by atoms with van der Waals surface area (Å²) < 4.78 is 0. The minimum absolute atomic E-state index is 0.0685. The zero-order chi connectivity index (χ0) is 9.68. The average molecular weight is 183 g/mol. The van der Waals surface area contributed by atoms with Crippen LogP contribution in [0, 0.1) is 0 Å². The van der Waals surface area contributed by atoms with Gasteiger partial charge in [-0.3, -0.25) is 4.79 Å². The molecule has 1 amide bonds. The first-order valence-electron chi connectivity index (χ1n) is 4.71. The zero-order valence-corrected chi connectivity index (χ0v) is 8.26. The van der Waals surface area contributed by atoms with Gasteiger partial charge < -0.3 is 10.7 Å². The van der Waals surface area contributed by atoms with Crippen molar-refractivity contribution in [1.29, 1.82) is 0 Å². The second kappa shape index (κ2) is 4.84. The Balaban J connectivity index is 2.30. The molecule has 4 nitrogen and oxygen atoms in total. The summed E-state index contributed by atoms with van der Waals surface area (Å²) in [7, 11) is 1.81. The molecule has 0 aromatic carbocycles. The van der Waals surface area contributed by atoms with Crippen molar-refractivity contribution in [3.05, 3.63) is 0 Å². The van der Waals surface area contributed by atoms with Gasteiger partial charge in [-0.1, -0.05) is 0 Å². The van der Waals surface area contributed by atoms with E-state index < -0.39 is 0 Å². The molecule has 74 valence electrons. The van der Waals surface area contributed by atoms with Crippen molar-refractivity contribution in [2.75, 3.05) is 7.05 Å². The number of nitrogens with one attached hydrogen (secondary N) is 2. The van der Waals surface area contributed by atoms with Gasteiger partial charge in [-0.15, -0.1) is 0 Å². The fraction of sp³-hybridized carbons (Fsp3) is 0.778. The van der Waals surface area contributed by atoms with E-state index in [1.807, 2.05) is 7.05 Å². The van der Waals surface area contributed by atoms with Crippen molar-refractivity contribution in [1.82, 2.24) is 10.7 Å². The van der Waals surface area contributed by atoms with Crippen LogP contribution in [0.25, 0.3) is 0 Å². The maximum atomic E-state index is 10.8. The van der Waals surface area contributed by atoms with Crippen LogP contribution in [-0.4, -0.2) is 24.7 Å². The molecule has 0 aromatic heterocycles. The number of nitrogens with zero attached hydrogens (tertiary/aromatic N) is 1. The van der Waals surface area contributed by atoms with Crippen LogP contribution in [0.2, 0.25) is 0 Å². The fourth-order valence-electron chi connectivity index (χ4n) is 1.65. The Morgan fingerprint density at radius 1 is 1.46 bits per heavy atom. The molecule has 0 aliphatic heterocycles. The molecule has 1 rings (SSSR count). The van der Waals surface area contributed by atoms with Crippen molar-refractivity contribution >= 4 is 11.6 Å². The summed E-state index contributed by atoms with van der Waals surface area (Å²) in [5.41, 5.74) is 4.01. The van der Waals surface area contributed by atoms with Crippen molar-refractivity contribution in [2.45, 2.75) is 38.6 Å². The summed E-state index contributed by atoms with van der Waals surface area (Å²) >= 11 is 0. The van der Waals surface area contributed by atoms with Crippen LogP contribution in [0.15, 0.2) is 5.10 Å². The molecular formula is C9H17N3O. The minimum Gasteiger partial charge on any atom is -0.354 e. The summed E-state index contributed by atoms with van der Waals surface area (Å²) in [5, 5.41) is 7.08. The molecule has 0 spiro atoms. The van der Waals surface area contributed by atoms with Crippen LogP contribution in [0.3, 0.4) is 0 Å². The van der Waals surface area contributed by atoms with Crippen molar-refractivity contribution < 1.29 is 4.79 Å². The molecule has 1 aliphatic carbocycles. The Bertz CT molecular complexity index is 203. The lowest BCUT2D eigenvalue weighted by Gasteiger charge is -2.23. The monoisotopic (exact) mass is 183 g/mol. The third-order valence-electron chi connectivity index (χ3n) is 2.24. The molecule has 0 heterocycles. The second-order valence-electron chi connectivity index (χ2n) is 3.38. The molecule has 1 aliphatic rings. The maximum absolute atomic E-state index is 10.8. The van der Waals surface area contributed by atoms with E-state index >= 15 is 0 Å². The van der Waals surface area contributed by atoms with Gasteiger partial charge in [0.25, 0.3) is 0 Å². The van der Waals surface area contributed by atoms with Gasteiger partial charge in [0.05, 0.1) is 0 Å². The second-order valence-corrected chi connectivity index (χ2v) is 3.38. The van der Waals surface area contributed by atoms with Crippen LogP contribution in [0.5, 0.6) is 0 Å². The molecule has 0 bridgehead atoms.